The summed E-state index contributed by atoms with van der Waals surface area (Å²) in [6.45, 7) is 0. The summed E-state index contributed by atoms with van der Waals surface area (Å²) in [5.74, 6) is 9.60. The lowest BCUT2D eigenvalue weighted by molar-refractivity contribution is 0.969. The molecule has 3 rings (SSSR count). The van der Waals surface area contributed by atoms with E-state index in [0.29, 0.717) is 5.75 Å². The Balaban J connectivity index is 1.80. The van der Waals surface area contributed by atoms with Crippen LogP contribution < -0.4 is 11.3 Å². The molecule has 0 bridgehead atoms. The summed E-state index contributed by atoms with van der Waals surface area (Å²) in [5, 5.41) is 0.756. The predicted octanol–water partition coefficient (Wildman–Crippen LogP) is 3.45. The molecule has 2 heterocycles. The van der Waals surface area contributed by atoms with Crippen LogP contribution in [0.1, 0.15) is 17.1 Å². The number of aromatic nitrogens is 2. The first-order valence-electron chi connectivity index (χ1n) is 6.08. The fourth-order valence-corrected chi connectivity index (χ4v) is 4.13. The molecule has 4 nitrogen and oxygen atoms in total. The molecule has 7 heteroatoms. The minimum Gasteiger partial charge on any atom is -0.308 e. The quantitative estimate of drug-likeness (QED) is 0.510. The van der Waals surface area contributed by atoms with Gasteiger partial charge in [-0.1, -0.05) is 23.7 Å². The van der Waals surface area contributed by atoms with E-state index in [0.717, 1.165) is 44.3 Å². The molecule has 1 aromatic heterocycles. The van der Waals surface area contributed by atoms with Gasteiger partial charge in [-0.2, -0.15) is 11.8 Å². The molecule has 104 valence electrons. The van der Waals surface area contributed by atoms with Gasteiger partial charge >= 0.3 is 0 Å². The summed E-state index contributed by atoms with van der Waals surface area (Å²) < 4.78 is 0. The summed E-state index contributed by atoms with van der Waals surface area (Å²) in [6.07, 6.45) is 0. The molecular formula is C13H13ClN4S2. The lowest BCUT2D eigenvalue weighted by atomic mass is 10.2. The third kappa shape index (κ3) is 2.88. The standard InChI is InChI=1S/C13H13ClN4S2/c14-9-3-1-2-4-11(9)20-7-12-16-10-6-19-5-8(10)13(17-12)18-15/h1-4H,5-7,15H2,(H,16,17,18). The first-order chi connectivity index (χ1) is 9.78. The largest absolute Gasteiger partial charge is 0.308 e. The van der Waals surface area contributed by atoms with Gasteiger partial charge in [0.2, 0.25) is 0 Å². The van der Waals surface area contributed by atoms with Gasteiger partial charge < -0.3 is 5.43 Å². The molecule has 0 unspecified atom stereocenters. The van der Waals surface area contributed by atoms with Crippen LogP contribution in [0.2, 0.25) is 5.02 Å². The van der Waals surface area contributed by atoms with Crippen molar-refractivity contribution in [1.29, 1.82) is 0 Å². The van der Waals surface area contributed by atoms with Gasteiger partial charge in [0, 0.05) is 22.0 Å². The lowest BCUT2D eigenvalue weighted by Gasteiger charge is -2.09. The minimum atomic E-state index is 0.677. The topological polar surface area (TPSA) is 63.8 Å². The molecule has 0 fully saturated rings. The zero-order chi connectivity index (χ0) is 13.9. The van der Waals surface area contributed by atoms with Crippen molar-refractivity contribution in [2.45, 2.75) is 22.2 Å². The Hall–Kier alpha value is -0.950. The molecule has 0 amide bonds. The summed E-state index contributed by atoms with van der Waals surface area (Å²) in [6, 6.07) is 7.78. The fraction of sp³-hybridized carbons (Fsp3) is 0.231. The Morgan fingerprint density at radius 2 is 2.15 bits per heavy atom. The van der Waals surface area contributed by atoms with Crippen molar-refractivity contribution in [3.63, 3.8) is 0 Å². The van der Waals surface area contributed by atoms with Crippen molar-refractivity contribution < 1.29 is 0 Å². The lowest BCUT2D eigenvalue weighted by Crippen LogP contribution is -2.13. The second kappa shape index (κ2) is 6.22. The van der Waals surface area contributed by atoms with Gasteiger partial charge in [0.05, 0.1) is 16.5 Å². The van der Waals surface area contributed by atoms with Crippen LogP contribution in [0.4, 0.5) is 5.82 Å². The van der Waals surface area contributed by atoms with Gasteiger partial charge in [0.1, 0.15) is 11.6 Å². The maximum absolute atomic E-state index is 6.15. The number of hydrogen-bond acceptors (Lipinski definition) is 6. The van der Waals surface area contributed by atoms with Crippen molar-refractivity contribution in [1.82, 2.24) is 9.97 Å². The number of benzene rings is 1. The molecule has 20 heavy (non-hydrogen) atoms. The van der Waals surface area contributed by atoms with E-state index in [9.17, 15) is 0 Å². The van der Waals surface area contributed by atoms with Gasteiger partial charge in [-0.05, 0) is 12.1 Å². The maximum Gasteiger partial charge on any atom is 0.148 e. The molecular weight excluding hydrogens is 312 g/mol. The van der Waals surface area contributed by atoms with E-state index in [1.54, 1.807) is 11.8 Å². The normalized spacial score (nSPS) is 13.3. The number of nitrogens with one attached hydrogen (secondary N) is 1. The van der Waals surface area contributed by atoms with E-state index < -0.39 is 0 Å². The number of nitrogens with zero attached hydrogens (tertiary/aromatic N) is 2. The Bertz CT molecular complexity index is 636. The smallest absolute Gasteiger partial charge is 0.148 e. The Morgan fingerprint density at radius 1 is 1.30 bits per heavy atom. The van der Waals surface area contributed by atoms with E-state index >= 15 is 0 Å². The fourth-order valence-electron chi connectivity index (χ4n) is 1.99. The first-order valence-corrected chi connectivity index (χ1v) is 8.60. The molecule has 3 N–H and O–H groups in total. The van der Waals surface area contributed by atoms with E-state index in [1.165, 1.54) is 0 Å². The average molecular weight is 325 g/mol. The third-order valence-electron chi connectivity index (χ3n) is 2.95. The highest BCUT2D eigenvalue weighted by Crippen LogP contribution is 2.34. The number of thioether (sulfide) groups is 2. The Labute approximate surface area is 130 Å². The van der Waals surface area contributed by atoms with E-state index in [1.807, 2.05) is 36.0 Å². The minimum absolute atomic E-state index is 0.677. The van der Waals surface area contributed by atoms with Crippen molar-refractivity contribution in [3.8, 4) is 0 Å². The van der Waals surface area contributed by atoms with Gasteiger partial charge in [-0.3, -0.25) is 0 Å². The van der Waals surface area contributed by atoms with Gasteiger partial charge in [-0.25, -0.2) is 15.8 Å². The monoisotopic (exact) mass is 324 g/mol. The van der Waals surface area contributed by atoms with Gasteiger partial charge in [0.25, 0.3) is 0 Å². The second-order valence-electron chi connectivity index (χ2n) is 4.27. The molecule has 0 spiro atoms. The summed E-state index contributed by atoms with van der Waals surface area (Å²) >= 11 is 9.61. The predicted molar refractivity (Wildman–Crippen MR) is 85.9 cm³/mol. The third-order valence-corrected chi connectivity index (χ3v) is 5.44. The number of nitrogen functional groups attached to an aromatic ring is 1. The average Bonchev–Trinajstić information content (AvgIpc) is 2.94. The number of halogens is 1. The number of anilines is 1. The number of hydrogen-bond donors (Lipinski definition) is 2. The zero-order valence-electron chi connectivity index (χ0n) is 10.6. The SMILES string of the molecule is NNc1nc(CSc2ccccc2Cl)nc2c1CSC2. The number of fused-ring (bicyclic) bond motifs is 1. The van der Waals surface area contributed by atoms with E-state index in [-0.39, 0.29) is 0 Å². The molecule has 0 saturated heterocycles. The summed E-state index contributed by atoms with van der Waals surface area (Å²) in [7, 11) is 0. The highest BCUT2D eigenvalue weighted by Gasteiger charge is 2.19. The second-order valence-corrected chi connectivity index (χ2v) is 6.68. The molecule has 0 saturated carbocycles. The number of hydrazine groups is 1. The van der Waals surface area contributed by atoms with Crippen molar-refractivity contribution in [2.75, 3.05) is 5.43 Å². The molecule has 0 radical (unpaired) electrons. The van der Waals surface area contributed by atoms with Crippen LogP contribution >= 0.6 is 35.1 Å². The number of rotatable bonds is 4. The Morgan fingerprint density at radius 3 is 2.95 bits per heavy atom. The number of nitrogens with two attached hydrogens (primary N) is 1. The maximum atomic E-state index is 6.15. The van der Waals surface area contributed by atoms with Crippen LogP contribution in [0.5, 0.6) is 0 Å². The molecule has 2 aromatic rings. The van der Waals surface area contributed by atoms with Gasteiger partial charge in [-0.15, -0.1) is 11.8 Å². The van der Waals surface area contributed by atoms with Crippen LogP contribution in [-0.2, 0) is 17.3 Å². The molecule has 1 aliphatic rings. The summed E-state index contributed by atoms with van der Waals surface area (Å²) in [4.78, 5) is 10.1. The molecule has 0 aliphatic carbocycles. The molecule has 1 aromatic carbocycles. The van der Waals surface area contributed by atoms with E-state index in [4.69, 9.17) is 17.4 Å². The zero-order valence-corrected chi connectivity index (χ0v) is 13.0. The highest BCUT2D eigenvalue weighted by molar-refractivity contribution is 7.98. The van der Waals surface area contributed by atoms with Crippen molar-refractivity contribution in [2.24, 2.45) is 5.84 Å². The van der Waals surface area contributed by atoms with Crippen molar-refractivity contribution >= 4 is 40.9 Å². The highest BCUT2D eigenvalue weighted by atomic mass is 35.5. The van der Waals surface area contributed by atoms with Crippen LogP contribution in [-0.4, -0.2) is 9.97 Å². The van der Waals surface area contributed by atoms with Crippen LogP contribution in [0.25, 0.3) is 0 Å². The Kier molecular flexibility index (Phi) is 4.35. The molecule has 0 atom stereocenters. The van der Waals surface area contributed by atoms with Crippen molar-refractivity contribution in [3.05, 3.63) is 46.4 Å². The van der Waals surface area contributed by atoms with Crippen LogP contribution in [0.15, 0.2) is 29.2 Å². The van der Waals surface area contributed by atoms with E-state index in [2.05, 4.69) is 15.4 Å². The molecule has 1 aliphatic heterocycles. The van der Waals surface area contributed by atoms with Gasteiger partial charge in [0.15, 0.2) is 0 Å². The van der Waals surface area contributed by atoms with Crippen LogP contribution in [0.3, 0.4) is 0 Å². The summed E-state index contributed by atoms with van der Waals surface area (Å²) in [5.41, 5.74) is 4.90. The first kappa shape index (κ1) is 14.0. The van der Waals surface area contributed by atoms with Crippen LogP contribution in [0, 0.1) is 0 Å².